The van der Waals surface area contributed by atoms with E-state index in [1.165, 1.54) is 11.8 Å². The second-order valence-corrected chi connectivity index (χ2v) is 5.16. The molecule has 1 heterocycles. The van der Waals surface area contributed by atoms with Crippen molar-refractivity contribution >= 4 is 11.8 Å². The highest BCUT2D eigenvalue weighted by Crippen LogP contribution is 2.29. The second-order valence-electron chi connectivity index (χ2n) is 5.16. The first-order valence-corrected chi connectivity index (χ1v) is 6.55. The maximum absolute atomic E-state index is 11.7. The Hall–Kier alpha value is -1.84. The number of likely N-dealkylation sites (tertiary alicyclic amines) is 1. The van der Waals surface area contributed by atoms with Crippen molar-refractivity contribution in [2.45, 2.75) is 39.2 Å². The van der Waals surface area contributed by atoms with Crippen LogP contribution in [0.1, 0.15) is 38.7 Å². The first kappa shape index (κ1) is 13.6. The van der Waals surface area contributed by atoms with Gasteiger partial charge in [-0.3, -0.25) is 14.5 Å². The number of hydrogen-bond acceptors (Lipinski definition) is 3. The molecule has 0 saturated carbocycles. The van der Waals surface area contributed by atoms with Crippen LogP contribution < -0.4 is 4.74 Å². The monoisotopic (exact) mass is 261 g/mol. The molecule has 0 spiro atoms. The van der Waals surface area contributed by atoms with Gasteiger partial charge in [-0.05, 0) is 31.5 Å². The number of carbonyl (C=O) groups excluding carboxylic acids is 2. The van der Waals surface area contributed by atoms with Crippen LogP contribution in [0.5, 0.6) is 5.75 Å². The Morgan fingerprint density at radius 3 is 2.42 bits per heavy atom. The summed E-state index contributed by atoms with van der Waals surface area (Å²) >= 11 is 0. The van der Waals surface area contributed by atoms with Gasteiger partial charge in [0, 0.05) is 25.8 Å². The Labute approximate surface area is 113 Å². The summed E-state index contributed by atoms with van der Waals surface area (Å²) in [6.07, 6.45) is 0.552. The molecule has 2 amide bonds. The summed E-state index contributed by atoms with van der Waals surface area (Å²) < 4.78 is 5.58. The molecule has 102 valence electrons. The Kier molecular flexibility index (Phi) is 3.88. The Balaban J connectivity index is 2.07. The maximum atomic E-state index is 11.7. The lowest BCUT2D eigenvalue weighted by molar-refractivity contribution is -0.140. The molecule has 1 aliphatic rings. The third kappa shape index (κ3) is 3.13. The van der Waals surface area contributed by atoms with Crippen molar-refractivity contribution < 1.29 is 14.3 Å². The fourth-order valence-corrected chi connectivity index (χ4v) is 2.33. The number of amides is 2. The summed E-state index contributed by atoms with van der Waals surface area (Å²) in [5, 5.41) is 0. The molecular formula is C15H19NO3. The first-order valence-electron chi connectivity index (χ1n) is 6.55. The Bertz CT molecular complexity index is 479. The number of rotatable bonds is 3. The van der Waals surface area contributed by atoms with Crippen molar-refractivity contribution in [2.24, 2.45) is 0 Å². The van der Waals surface area contributed by atoms with Gasteiger partial charge in [-0.2, -0.15) is 0 Å². The van der Waals surface area contributed by atoms with Crippen LogP contribution in [-0.4, -0.2) is 29.4 Å². The Morgan fingerprint density at radius 2 is 1.95 bits per heavy atom. The number of carbonyl (C=O) groups is 2. The van der Waals surface area contributed by atoms with E-state index in [0.29, 0.717) is 13.0 Å². The zero-order chi connectivity index (χ0) is 14.0. The minimum atomic E-state index is -0.174. The molecule has 0 aromatic heterocycles. The highest BCUT2D eigenvalue weighted by atomic mass is 16.5. The van der Waals surface area contributed by atoms with Crippen LogP contribution in [0, 0.1) is 0 Å². The third-order valence-electron chi connectivity index (χ3n) is 3.23. The number of ether oxygens (including phenoxy) is 1. The molecule has 1 aromatic carbocycles. The quantitative estimate of drug-likeness (QED) is 0.839. The zero-order valence-electron chi connectivity index (χ0n) is 11.6. The van der Waals surface area contributed by atoms with Crippen LogP contribution in [0.3, 0.4) is 0 Å². The minimum absolute atomic E-state index is 0.0833. The van der Waals surface area contributed by atoms with Crippen LogP contribution in [0.2, 0.25) is 0 Å². The minimum Gasteiger partial charge on any atom is -0.491 e. The van der Waals surface area contributed by atoms with E-state index < -0.39 is 0 Å². The topological polar surface area (TPSA) is 46.6 Å². The lowest BCUT2D eigenvalue weighted by Crippen LogP contribution is -2.29. The van der Waals surface area contributed by atoms with Crippen LogP contribution in [0.15, 0.2) is 24.3 Å². The average Bonchev–Trinajstić information content (AvgIpc) is 2.71. The molecule has 4 heteroatoms. The summed E-state index contributed by atoms with van der Waals surface area (Å²) in [6.45, 7) is 5.88. The van der Waals surface area contributed by atoms with Gasteiger partial charge >= 0.3 is 0 Å². The zero-order valence-corrected chi connectivity index (χ0v) is 11.6. The van der Waals surface area contributed by atoms with Gasteiger partial charge in [0.15, 0.2) is 0 Å². The van der Waals surface area contributed by atoms with Gasteiger partial charge in [-0.25, -0.2) is 0 Å². The molecule has 0 N–H and O–H groups in total. The lowest BCUT2D eigenvalue weighted by Gasteiger charge is -2.14. The normalized spacial score (nSPS) is 19.1. The lowest BCUT2D eigenvalue weighted by atomic mass is 9.98. The summed E-state index contributed by atoms with van der Waals surface area (Å²) in [5.74, 6) is 0.670. The summed E-state index contributed by atoms with van der Waals surface area (Å²) in [7, 11) is 0. The van der Waals surface area contributed by atoms with Crippen molar-refractivity contribution in [1.29, 1.82) is 0 Å². The van der Waals surface area contributed by atoms with Crippen molar-refractivity contribution in [1.82, 2.24) is 4.90 Å². The van der Waals surface area contributed by atoms with Crippen molar-refractivity contribution in [2.75, 3.05) is 6.54 Å². The molecule has 0 radical (unpaired) electrons. The SMILES string of the molecule is CC(=O)N1CC(c2ccc(OC(C)C)cc2)CC1=O. The summed E-state index contributed by atoms with van der Waals surface area (Å²) in [5.41, 5.74) is 1.08. The van der Waals surface area contributed by atoms with E-state index in [2.05, 4.69) is 0 Å². The molecule has 19 heavy (non-hydrogen) atoms. The largest absolute Gasteiger partial charge is 0.491 e. The van der Waals surface area contributed by atoms with Crippen molar-refractivity contribution in [3.05, 3.63) is 29.8 Å². The average molecular weight is 261 g/mol. The highest BCUT2D eigenvalue weighted by Gasteiger charge is 2.32. The molecule has 4 nitrogen and oxygen atoms in total. The van der Waals surface area contributed by atoms with E-state index in [1.54, 1.807) is 0 Å². The van der Waals surface area contributed by atoms with Gasteiger partial charge in [-0.15, -0.1) is 0 Å². The van der Waals surface area contributed by atoms with Crippen molar-refractivity contribution in [3.63, 3.8) is 0 Å². The van der Waals surface area contributed by atoms with Gasteiger partial charge in [-0.1, -0.05) is 12.1 Å². The van der Waals surface area contributed by atoms with E-state index in [4.69, 9.17) is 4.74 Å². The summed E-state index contributed by atoms with van der Waals surface area (Å²) in [6, 6.07) is 7.77. The van der Waals surface area contributed by atoms with E-state index in [0.717, 1.165) is 11.3 Å². The van der Waals surface area contributed by atoms with Gasteiger partial charge in [0.1, 0.15) is 5.75 Å². The van der Waals surface area contributed by atoms with Crippen molar-refractivity contribution in [3.8, 4) is 5.75 Å². The smallest absolute Gasteiger partial charge is 0.229 e. The van der Waals surface area contributed by atoms with E-state index in [-0.39, 0.29) is 23.8 Å². The molecule has 1 unspecified atom stereocenters. The van der Waals surface area contributed by atoms with E-state index in [9.17, 15) is 9.59 Å². The van der Waals surface area contributed by atoms with Gasteiger partial charge < -0.3 is 4.74 Å². The molecular weight excluding hydrogens is 242 g/mol. The highest BCUT2D eigenvalue weighted by molar-refractivity contribution is 5.96. The van der Waals surface area contributed by atoms with Crippen LogP contribution >= 0.6 is 0 Å². The van der Waals surface area contributed by atoms with Gasteiger partial charge in [0.05, 0.1) is 6.10 Å². The molecule has 1 saturated heterocycles. The fraction of sp³-hybridized carbons (Fsp3) is 0.467. The van der Waals surface area contributed by atoms with Crippen LogP contribution in [-0.2, 0) is 9.59 Å². The molecule has 0 aliphatic carbocycles. The number of nitrogens with zero attached hydrogens (tertiary/aromatic N) is 1. The third-order valence-corrected chi connectivity index (χ3v) is 3.23. The number of benzene rings is 1. The predicted molar refractivity (Wildman–Crippen MR) is 72.0 cm³/mol. The van der Waals surface area contributed by atoms with Gasteiger partial charge in [0.2, 0.25) is 11.8 Å². The number of hydrogen-bond donors (Lipinski definition) is 0. The predicted octanol–water partition coefficient (Wildman–Crippen LogP) is 2.34. The van der Waals surface area contributed by atoms with E-state index >= 15 is 0 Å². The molecule has 1 aromatic rings. The molecule has 0 bridgehead atoms. The fourth-order valence-electron chi connectivity index (χ4n) is 2.33. The maximum Gasteiger partial charge on any atom is 0.229 e. The molecule has 1 atom stereocenters. The Morgan fingerprint density at radius 1 is 1.32 bits per heavy atom. The first-order chi connectivity index (χ1) is 8.97. The van der Waals surface area contributed by atoms with Gasteiger partial charge in [0.25, 0.3) is 0 Å². The van der Waals surface area contributed by atoms with Crippen LogP contribution in [0.4, 0.5) is 0 Å². The molecule has 1 aliphatic heterocycles. The second kappa shape index (κ2) is 5.43. The standard InChI is InChI=1S/C15H19NO3/c1-10(2)19-14-6-4-12(5-7-14)13-8-15(18)16(9-13)11(3)17/h4-7,10,13H,8-9H2,1-3H3. The van der Waals surface area contributed by atoms with Crippen LogP contribution in [0.25, 0.3) is 0 Å². The molecule has 2 rings (SSSR count). The summed E-state index contributed by atoms with van der Waals surface area (Å²) in [4.78, 5) is 24.3. The molecule has 1 fully saturated rings. The van der Waals surface area contributed by atoms with E-state index in [1.807, 2.05) is 38.1 Å². The number of imide groups is 1.